The number of aromatic nitrogens is 3. The number of carboxylic acids is 1. The van der Waals surface area contributed by atoms with Crippen LogP contribution in [-0.2, 0) is 22.9 Å². The number of rotatable bonds is 9. The summed E-state index contributed by atoms with van der Waals surface area (Å²) >= 11 is 2.89. The summed E-state index contributed by atoms with van der Waals surface area (Å²) in [5.74, 6) is 5.09. The standard InChI is InChI=1S/C33H29FN4O4S3/c1-19-14-24(20(2)44-19)11-8-22-4-3-5-25(15-22)31-26(16-23-10-13-30(27(34)17-23)45(35,41)42)29(12-9-21-6-7-21)38(37-31)33-36-28(18-43-33)32(39)40/h3-5,10,13-15,17-18,21H,6-7,9,12,16H2,1-2H3,(H,39,40)(H2,35,41,42). The van der Waals surface area contributed by atoms with E-state index in [-0.39, 0.29) is 12.1 Å². The maximum Gasteiger partial charge on any atom is 0.355 e. The Bertz CT molecular complexity index is 2110. The summed E-state index contributed by atoms with van der Waals surface area (Å²) in [5.41, 5.74) is 5.34. The van der Waals surface area contributed by atoms with Crippen LogP contribution in [0.15, 0.2) is 58.8 Å². The molecule has 0 unspecified atom stereocenters. The van der Waals surface area contributed by atoms with Gasteiger partial charge in [0.1, 0.15) is 10.7 Å². The number of benzene rings is 2. The van der Waals surface area contributed by atoms with E-state index in [0.29, 0.717) is 28.7 Å². The van der Waals surface area contributed by atoms with Gasteiger partial charge in [-0.1, -0.05) is 42.9 Å². The number of halogens is 1. The molecule has 0 radical (unpaired) electrons. The average Bonchev–Trinajstić information content (AvgIpc) is 3.39. The van der Waals surface area contributed by atoms with Crippen molar-refractivity contribution in [3.63, 3.8) is 0 Å². The Morgan fingerprint density at radius 3 is 2.60 bits per heavy atom. The third-order valence-electron chi connectivity index (χ3n) is 7.67. The molecule has 0 aliphatic heterocycles. The highest BCUT2D eigenvalue weighted by molar-refractivity contribution is 7.89. The monoisotopic (exact) mass is 660 g/mol. The molecule has 230 valence electrons. The van der Waals surface area contributed by atoms with E-state index in [0.717, 1.165) is 52.1 Å². The number of thiazole rings is 1. The second-order valence-electron chi connectivity index (χ2n) is 11.1. The number of nitrogens with zero attached hydrogens (tertiary/aromatic N) is 3. The van der Waals surface area contributed by atoms with Crippen molar-refractivity contribution in [2.24, 2.45) is 11.1 Å². The highest BCUT2D eigenvalue weighted by Crippen LogP contribution is 2.37. The van der Waals surface area contributed by atoms with E-state index in [9.17, 15) is 22.7 Å². The van der Waals surface area contributed by atoms with Crippen LogP contribution >= 0.6 is 22.7 Å². The molecule has 5 aromatic rings. The van der Waals surface area contributed by atoms with E-state index in [4.69, 9.17) is 10.2 Å². The molecule has 3 aromatic heterocycles. The summed E-state index contributed by atoms with van der Waals surface area (Å²) < 4.78 is 40.3. The van der Waals surface area contributed by atoms with Gasteiger partial charge in [-0.05, 0) is 68.5 Å². The zero-order valence-corrected chi connectivity index (χ0v) is 27.0. The van der Waals surface area contributed by atoms with E-state index >= 15 is 0 Å². The van der Waals surface area contributed by atoms with Crippen LogP contribution < -0.4 is 5.14 Å². The fourth-order valence-electron chi connectivity index (χ4n) is 5.25. The summed E-state index contributed by atoms with van der Waals surface area (Å²) in [5, 5.41) is 21.6. The van der Waals surface area contributed by atoms with Gasteiger partial charge in [0.05, 0.1) is 11.4 Å². The van der Waals surface area contributed by atoms with Crippen LogP contribution in [-0.4, -0.2) is 34.3 Å². The number of primary sulfonamides is 1. The van der Waals surface area contributed by atoms with Gasteiger partial charge < -0.3 is 5.11 Å². The van der Waals surface area contributed by atoms with Crippen LogP contribution in [0.2, 0.25) is 0 Å². The minimum Gasteiger partial charge on any atom is -0.476 e. The lowest BCUT2D eigenvalue weighted by Crippen LogP contribution is -2.14. The minimum atomic E-state index is -4.22. The van der Waals surface area contributed by atoms with Crippen molar-refractivity contribution in [1.82, 2.24) is 14.8 Å². The first-order valence-corrected chi connectivity index (χ1v) is 17.5. The number of hydrogen-bond acceptors (Lipinski definition) is 7. The van der Waals surface area contributed by atoms with Crippen LogP contribution in [0, 0.1) is 37.4 Å². The maximum absolute atomic E-state index is 14.9. The first kappa shape index (κ1) is 30.9. The molecule has 1 aliphatic rings. The first-order chi connectivity index (χ1) is 21.5. The number of aromatic carboxylic acids is 1. The van der Waals surface area contributed by atoms with Gasteiger partial charge in [-0.25, -0.2) is 32.4 Å². The topological polar surface area (TPSA) is 128 Å². The summed E-state index contributed by atoms with van der Waals surface area (Å²) in [4.78, 5) is 17.8. The minimum absolute atomic E-state index is 0.0707. The molecule has 0 spiro atoms. The molecule has 8 nitrogen and oxygen atoms in total. The Labute approximate surface area is 268 Å². The van der Waals surface area contributed by atoms with Gasteiger partial charge in [-0.15, -0.1) is 22.7 Å². The van der Waals surface area contributed by atoms with Gasteiger partial charge in [0.15, 0.2) is 5.69 Å². The molecule has 0 atom stereocenters. The lowest BCUT2D eigenvalue weighted by atomic mass is 9.96. The van der Waals surface area contributed by atoms with Crippen LogP contribution in [0.5, 0.6) is 0 Å². The number of carbonyl (C=O) groups is 1. The fourth-order valence-corrected chi connectivity index (χ4v) is 7.49. The van der Waals surface area contributed by atoms with E-state index in [1.54, 1.807) is 22.1 Å². The smallest absolute Gasteiger partial charge is 0.355 e. The van der Waals surface area contributed by atoms with Crippen molar-refractivity contribution in [2.75, 3.05) is 0 Å². The molecule has 3 heterocycles. The Morgan fingerprint density at radius 1 is 1.16 bits per heavy atom. The summed E-state index contributed by atoms with van der Waals surface area (Å²) in [6, 6.07) is 13.7. The number of sulfonamides is 1. The SMILES string of the molecule is Cc1cc(C#Cc2cccc(-c3nn(-c4nc(C(=O)O)cs4)c(CCC4CC4)c3Cc3ccc(S(N)(=O)=O)c(F)c3)c2)c(C)s1. The normalized spacial score (nSPS) is 13.1. The highest BCUT2D eigenvalue weighted by Gasteiger charge is 2.27. The van der Waals surface area contributed by atoms with Crippen molar-refractivity contribution in [3.8, 4) is 28.2 Å². The number of nitrogens with two attached hydrogens (primary N) is 1. The van der Waals surface area contributed by atoms with Gasteiger partial charge >= 0.3 is 5.97 Å². The van der Waals surface area contributed by atoms with Gasteiger partial charge in [-0.3, -0.25) is 0 Å². The molecule has 2 aromatic carbocycles. The van der Waals surface area contributed by atoms with Gasteiger partial charge in [0.2, 0.25) is 15.2 Å². The van der Waals surface area contributed by atoms with E-state index < -0.39 is 26.7 Å². The number of hydrogen-bond donors (Lipinski definition) is 2. The number of thiophene rings is 1. The van der Waals surface area contributed by atoms with Crippen LogP contribution in [0.25, 0.3) is 16.4 Å². The fraction of sp³-hybridized carbons (Fsp3) is 0.242. The Kier molecular flexibility index (Phi) is 8.45. The molecule has 12 heteroatoms. The number of carboxylic acid groups (broad SMARTS) is 1. The lowest BCUT2D eigenvalue weighted by Gasteiger charge is -2.10. The zero-order chi connectivity index (χ0) is 31.9. The van der Waals surface area contributed by atoms with Crippen LogP contribution in [0.4, 0.5) is 4.39 Å². The second kappa shape index (κ2) is 12.3. The molecule has 0 amide bonds. The van der Waals surface area contributed by atoms with E-state index in [1.165, 1.54) is 33.7 Å². The largest absolute Gasteiger partial charge is 0.476 e. The van der Waals surface area contributed by atoms with Crippen molar-refractivity contribution in [1.29, 1.82) is 0 Å². The molecular weight excluding hydrogens is 632 g/mol. The van der Waals surface area contributed by atoms with Gasteiger partial charge in [0.25, 0.3) is 0 Å². The molecular formula is C33H29FN4O4S3. The molecule has 45 heavy (non-hydrogen) atoms. The predicted molar refractivity (Wildman–Crippen MR) is 173 cm³/mol. The Morgan fingerprint density at radius 2 is 1.96 bits per heavy atom. The second-order valence-corrected chi connectivity index (χ2v) is 15.0. The average molecular weight is 661 g/mol. The van der Waals surface area contributed by atoms with Crippen molar-refractivity contribution < 1.29 is 22.7 Å². The molecule has 0 saturated heterocycles. The molecule has 1 aliphatic carbocycles. The molecule has 3 N–H and O–H groups in total. The van der Waals surface area contributed by atoms with Gasteiger partial charge in [0, 0.05) is 43.8 Å². The first-order valence-electron chi connectivity index (χ1n) is 14.3. The molecule has 0 bridgehead atoms. The quantitative estimate of drug-likeness (QED) is 0.174. The summed E-state index contributed by atoms with van der Waals surface area (Å²) in [6.45, 7) is 4.10. The molecule has 1 fully saturated rings. The molecule has 1 saturated carbocycles. The third-order valence-corrected chi connectivity index (χ3v) is 10.4. The van der Waals surface area contributed by atoms with Crippen molar-refractivity contribution >= 4 is 38.7 Å². The zero-order valence-electron chi connectivity index (χ0n) is 24.5. The Balaban J connectivity index is 1.49. The van der Waals surface area contributed by atoms with E-state index in [1.807, 2.05) is 31.2 Å². The highest BCUT2D eigenvalue weighted by atomic mass is 32.2. The van der Waals surface area contributed by atoms with E-state index in [2.05, 4.69) is 29.8 Å². The lowest BCUT2D eigenvalue weighted by molar-refractivity contribution is 0.0691. The third kappa shape index (κ3) is 6.92. The van der Waals surface area contributed by atoms with Crippen LogP contribution in [0.3, 0.4) is 0 Å². The van der Waals surface area contributed by atoms with Crippen LogP contribution in [0.1, 0.15) is 67.5 Å². The summed E-state index contributed by atoms with van der Waals surface area (Å²) in [7, 11) is -4.22. The Hall–Kier alpha value is -4.15. The van der Waals surface area contributed by atoms with Gasteiger partial charge in [-0.2, -0.15) is 5.10 Å². The van der Waals surface area contributed by atoms with Crippen molar-refractivity contribution in [2.45, 2.75) is 50.8 Å². The maximum atomic E-state index is 14.9. The summed E-state index contributed by atoms with van der Waals surface area (Å²) in [6.07, 6.45) is 4.13. The molecule has 6 rings (SSSR count). The van der Waals surface area contributed by atoms with Crippen molar-refractivity contribution in [3.05, 3.63) is 103 Å². The number of aryl methyl sites for hydroxylation is 2. The predicted octanol–water partition coefficient (Wildman–Crippen LogP) is 6.49.